The number of carbonyl (C=O) groups excluding carboxylic acids is 11. The highest BCUT2D eigenvalue weighted by atomic mass is 16.4. The van der Waals surface area contributed by atoms with Crippen LogP contribution >= 0.6 is 0 Å². The summed E-state index contributed by atoms with van der Waals surface area (Å²) in [4.78, 5) is 164. The number of nitrogens with one attached hydrogen (secondary N) is 14. The van der Waals surface area contributed by atoms with Crippen LogP contribution in [0.2, 0.25) is 0 Å². The molecule has 0 saturated carbocycles. The first kappa shape index (κ1) is 82.5. The average Bonchev–Trinajstić information content (AvgIpc) is 0.747. The third-order valence-electron chi connectivity index (χ3n) is 16.3. The molecule has 37 nitrogen and oxygen atoms in total. The summed E-state index contributed by atoms with van der Waals surface area (Å²) in [7, 11) is 0. The van der Waals surface area contributed by atoms with E-state index in [0.717, 1.165) is 6.07 Å². The van der Waals surface area contributed by atoms with Gasteiger partial charge in [-0.25, -0.2) is 0 Å². The fourth-order valence-corrected chi connectivity index (χ4v) is 11.0. The molecule has 0 spiro atoms. The number of hydrogen-bond acceptors (Lipinski definition) is 19. The second-order valence-electron chi connectivity index (χ2n) is 24.5. The largest absolute Gasteiger partial charge is 0.545 e. The van der Waals surface area contributed by atoms with Crippen LogP contribution in [0.4, 0.5) is 0 Å². The molecule has 32 N–H and O–H groups in total. The Morgan fingerprint density at radius 1 is 0.481 bits per heavy atom. The summed E-state index contributed by atoms with van der Waals surface area (Å²) >= 11 is 0. The molecule has 10 amide bonds. The van der Waals surface area contributed by atoms with Gasteiger partial charge in [-0.3, -0.25) is 69.0 Å². The van der Waals surface area contributed by atoms with Gasteiger partial charge in [-0.15, -0.1) is 0 Å². The number of aromatic hydroxyl groups is 2. The topological polar surface area (TPSA) is 671 Å². The highest BCUT2D eigenvalue weighted by molar-refractivity contribution is 6.09. The first-order valence-corrected chi connectivity index (χ1v) is 33.6. The third kappa shape index (κ3) is 27.1. The Morgan fingerprint density at radius 3 is 1.41 bits per heavy atom. The molecule has 2 aliphatic rings. The number of carbonyl (C=O) groups is 11. The summed E-state index contributed by atoms with van der Waals surface area (Å²) in [5, 5.41) is 84.8. The summed E-state index contributed by atoms with van der Waals surface area (Å²) in [6, 6.07) is 6.99. The van der Waals surface area contributed by atoms with E-state index in [1.807, 2.05) is 0 Å². The maximum atomic E-state index is 14.6. The van der Waals surface area contributed by atoms with Crippen molar-refractivity contribution in [2.75, 3.05) is 39.3 Å². The molecule has 3 aromatic rings. The van der Waals surface area contributed by atoms with E-state index in [1.165, 1.54) is 72.8 Å². The molecule has 0 radical (unpaired) electrons. The normalized spacial score (nSPS) is 13.0. The Kier molecular flexibility index (Phi) is 33.0. The molecule has 0 fully saturated rings. The Balaban J connectivity index is 1.40. The van der Waals surface area contributed by atoms with Gasteiger partial charge < -0.3 is 123 Å². The van der Waals surface area contributed by atoms with Gasteiger partial charge in [-0.1, -0.05) is 18.2 Å². The van der Waals surface area contributed by atoms with E-state index >= 15 is 0 Å². The number of carboxylic acids is 1. The van der Waals surface area contributed by atoms with Gasteiger partial charge in [0.2, 0.25) is 53.2 Å². The zero-order chi connectivity index (χ0) is 76.6. The van der Waals surface area contributed by atoms with Gasteiger partial charge in [0, 0.05) is 72.2 Å². The molecular formula is C67H94N21O16+. The monoisotopic (exact) mass is 1450 g/mol. The van der Waals surface area contributed by atoms with Crippen molar-refractivity contribution in [1.29, 1.82) is 16.2 Å². The molecule has 1 heterocycles. The SMILES string of the molecule is N=C(N)NCCC[C@H](NC(=O)CNC(=O)[C@H](Cc1ccc(O)cc1)NC(=O)c1ccc(C(=O)[O-])c(-c2c3ccc(=O)cc-3oc3cc(O)ccc23)c1)C(=O)N[C@@H](CCCC[NH3+])C(=O)N[C@@H](CCCC[NH3+])C(=O)N[C@@H](CCCNC(=N)N)C(=O)N[C@@H](CCCNC(=N)N)C(=O)N[C@@H](CCC(N)=O)C(N)=O. The van der Waals surface area contributed by atoms with Gasteiger partial charge in [0.25, 0.3) is 5.91 Å². The maximum absolute atomic E-state index is 14.6. The third-order valence-corrected chi connectivity index (χ3v) is 16.3. The van der Waals surface area contributed by atoms with Crippen LogP contribution in [0.5, 0.6) is 11.5 Å². The van der Waals surface area contributed by atoms with Crippen LogP contribution in [-0.4, -0.2) is 175 Å². The molecule has 5 rings (SSSR count). The van der Waals surface area contributed by atoms with E-state index in [-0.39, 0.29) is 152 Å². The van der Waals surface area contributed by atoms with E-state index in [9.17, 15) is 72.9 Å². The van der Waals surface area contributed by atoms with Crippen LogP contribution in [-0.2, 0) is 49.6 Å². The van der Waals surface area contributed by atoms with Crippen molar-refractivity contribution < 1.29 is 83.9 Å². The van der Waals surface area contributed by atoms with Crippen LogP contribution in [0, 0.1) is 16.2 Å². The number of hydrogen-bond donors (Lipinski definition) is 23. The zero-order valence-electron chi connectivity index (χ0n) is 57.3. The quantitative estimate of drug-likeness (QED) is 0.00747. The summed E-state index contributed by atoms with van der Waals surface area (Å²) in [5.74, 6) is -12.1. The number of unbranched alkanes of at least 4 members (excludes halogenated alkanes) is 2. The minimum Gasteiger partial charge on any atom is -0.545 e. The van der Waals surface area contributed by atoms with Crippen LogP contribution in [0.15, 0.2) is 88.1 Å². The van der Waals surface area contributed by atoms with Crippen molar-refractivity contribution in [2.24, 2.45) is 28.7 Å². The Labute approximate surface area is 596 Å². The maximum Gasteiger partial charge on any atom is 0.251 e. The number of nitrogens with two attached hydrogens (primary N) is 5. The standard InChI is InChI=1S/C67H93N21O16/c68-25-3-1-8-46(61(99)85-47(9-2-4-26-69)62(100)87-49(12-7-29-80-67(76)77)63(101)86-48(11-6-28-79-66(74)75)60(98)83-44(56(71)94)23-24-53(70)92)84-59(97)45(10-5-27-78-65(72)73)82-54(93)34-81-58(96)50(30-35-13-16-37(89)17-14-35)88-57(95)36-15-20-40(64(102)103)43(31-36)55-41-21-18-38(90)32-51(41)104-52-33-39(91)19-22-42(52)55/h13-22,31-33,44-50,89-90H,1-12,23-30,34,68-69H2,(H2,70,92)(H2,71,94)(H,81,96)(H,82,93)(H,83,98)(H,84,97)(H,85,99)(H,86,101)(H,87,100)(H,88,95)(H,102,103)(H4,72,73,78)(H4,74,75,79)(H4,76,77,80)/p+1/t44-,45-,46-,47-,48-,49-,50-/m0/s1. The predicted octanol–water partition coefficient (Wildman–Crippen LogP) is -5.93. The smallest absolute Gasteiger partial charge is 0.251 e. The highest BCUT2D eigenvalue weighted by Gasteiger charge is 2.34. The van der Waals surface area contributed by atoms with Crippen molar-refractivity contribution >= 4 is 93.9 Å². The molecule has 104 heavy (non-hydrogen) atoms. The zero-order valence-corrected chi connectivity index (χ0v) is 57.3. The minimum atomic E-state index is -1.64. The van der Waals surface area contributed by atoms with Crippen molar-refractivity contribution in [3.63, 3.8) is 0 Å². The van der Waals surface area contributed by atoms with Crippen LogP contribution in [0.25, 0.3) is 33.4 Å². The van der Waals surface area contributed by atoms with Gasteiger partial charge >= 0.3 is 0 Å². The Bertz CT molecular complexity index is 3930. The van der Waals surface area contributed by atoms with Crippen LogP contribution in [0.1, 0.15) is 116 Å². The second kappa shape index (κ2) is 41.6. The number of amides is 10. The number of quaternary nitrogens is 2. The number of fused-ring (bicyclic) bond motifs is 2. The summed E-state index contributed by atoms with van der Waals surface area (Å²) < 4.78 is 5.94. The second-order valence-corrected chi connectivity index (χ2v) is 24.5. The molecule has 0 aromatic heterocycles. The molecule has 1 aliphatic heterocycles. The van der Waals surface area contributed by atoms with Crippen molar-refractivity contribution in [3.8, 4) is 33.9 Å². The van der Waals surface area contributed by atoms with E-state index in [4.69, 9.17) is 49.3 Å². The first-order chi connectivity index (χ1) is 49.5. The fourth-order valence-electron chi connectivity index (χ4n) is 11.0. The van der Waals surface area contributed by atoms with E-state index < -0.39 is 131 Å². The number of phenolic OH excluding ortho intramolecular Hbond substituents is 2. The first-order valence-electron chi connectivity index (χ1n) is 33.6. The van der Waals surface area contributed by atoms with Gasteiger partial charge in [0.1, 0.15) is 65.1 Å². The molecule has 0 unspecified atom stereocenters. The van der Waals surface area contributed by atoms with Gasteiger partial charge in [0.05, 0.1) is 25.6 Å². The number of rotatable bonds is 44. The molecule has 3 aromatic carbocycles. The summed E-state index contributed by atoms with van der Waals surface area (Å²) in [6.45, 7) is 0.184. The number of carboxylic acid groups (broad SMARTS) is 1. The molecule has 1 aliphatic carbocycles. The van der Waals surface area contributed by atoms with Gasteiger partial charge in [-0.2, -0.15) is 0 Å². The lowest BCUT2D eigenvalue weighted by Gasteiger charge is -2.28. The van der Waals surface area contributed by atoms with Crippen molar-refractivity contribution in [2.45, 2.75) is 139 Å². The Hall–Kier alpha value is -12.1. The molecule has 0 saturated heterocycles. The summed E-state index contributed by atoms with van der Waals surface area (Å²) in [5.41, 5.74) is 34.8. The van der Waals surface area contributed by atoms with Crippen LogP contribution in [0.3, 0.4) is 0 Å². The molecule has 0 bridgehead atoms. The minimum absolute atomic E-state index is 0.0215. The fraction of sp³-hybridized carbons (Fsp3) is 0.418. The number of aromatic carboxylic acids is 1. The molecule has 562 valence electrons. The van der Waals surface area contributed by atoms with Crippen LogP contribution < -0.4 is 109 Å². The van der Waals surface area contributed by atoms with E-state index in [0.29, 0.717) is 44.3 Å². The predicted molar refractivity (Wildman–Crippen MR) is 376 cm³/mol. The molecular weight excluding hydrogens is 1350 g/mol. The number of primary amides is 2. The van der Waals surface area contributed by atoms with E-state index in [1.54, 1.807) is 0 Å². The van der Waals surface area contributed by atoms with Crippen molar-refractivity contribution in [3.05, 3.63) is 106 Å². The van der Waals surface area contributed by atoms with E-state index in [2.05, 4.69) is 70.0 Å². The lowest BCUT2D eigenvalue weighted by molar-refractivity contribution is -0.369. The highest BCUT2D eigenvalue weighted by Crippen LogP contribution is 2.42. The molecule has 7 atom stereocenters. The summed E-state index contributed by atoms with van der Waals surface area (Å²) in [6.07, 6.45) is 0.602. The molecule has 37 heteroatoms. The number of guanidine groups is 3. The van der Waals surface area contributed by atoms with Gasteiger partial charge in [0.15, 0.2) is 23.3 Å². The lowest BCUT2D eigenvalue weighted by atomic mass is 9.89. The number of benzene rings is 4. The van der Waals surface area contributed by atoms with Crippen molar-refractivity contribution in [1.82, 2.24) is 58.5 Å². The lowest BCUT2D eigenvalue weighted by Crippen LogP contribution is -2.60. The Morgan fingerprint density at radius 2 is 0.952 bits per heavy atom. The number of phenols is 2. The van der Waals surface area contributed by atoms with Gasteiger partial charge in [-0.05, 0) is 143 Å². The average molecular weight is 1450 g/mol.